The topological polar surface area (TPSA) is 28.4 Å². The maximum absolute atomic E-state index is 6.05. The average Bonchev–Trinajstić information content (AvgIpc) is 2.85. The van der Waals surface area contributed by atoms with Crippen LogP contribution in [-0.2, 0) is 13.1 Å². The van der Waals surface area contributed by atoms with E-state index in [9.17, 15) is 0 Å². The molecule has 1 heterocycles. The number of nitrogens with one attached hydrogen (secondary N) is 1. The molecule has 0 radical (unpaired) electrons. The number of rotatable bonds is 6. The predicted octanol–water partition coefficient (Wildman–Crippen LogP) is 3.85. The molecule has 0 aliphatic rings. The standard InChI is InChI=1S/C16H21ClN2O/c1-12(14-5-4-6-15(17)8-14)19(3)10-16-7-13(9-18-2)11-20-16/h4-8,11-12,18H,9-10H2,1-3H3. The molecular weight excluding hydrogens is 272 g/mol. The molecule has 0 amide bonds. The first-order valence-corrected chi connectivity index (χ1v) is 7.14. The lowest BCUT2D eigenvalue weighted by molar-refractivity contribution is 0.232. The van der Waals surface area contributed by atoms with Crippen LogP contribution in [-0.4, -0.2) is 19.0 Å². The lowest BCUT2D eigenvalue weighted by atomic mass is 10.1. The van der Waals surface area contributed by atoms with Gasteiger partial charge in [-0.3, -0.25) is 4.90 Å². The van der Waals surface area contributed by atoms with Crippen LogP contribution in [0.15, 0.2) is 41.0 Å². The van der Waals surface area contributed by atoms with Gasteiger partial charge in [0, 0.05) is 23.2 Å². The fourth-order valence-electron chi connectivity index (χ4n) is 2.21. The van der Waals surface area contributed by atoms with Crippen molar-refractivity contribution in [2.45, 2.75) is 26.1 Å². The summed E-state index contributed by atoms with van der Waals surface area (Å²) in [7, 11) is 4.02. The monoisotopic (exact) mass is 292 g/mol. The van der Waals surface area contributed by atoms with Gasteiger partial charge < -0.3 is 9.73 Å². The highest BCUT2D eigenvalue weighted by atomic mass is 35.5. The first-order valence-electron chi connectivity index (χ1n) is 6.76. The van der Waals surface area contributed by atoms with Crippen molar-refractivity contribution >= 4 is 11.6 Å². The maximum Gasteiger partial charge on any atom is 0.118 e. The number of halogens is 1. The van der Waals surface area contributed by atoms with Crippen LogP contribution in [0.5, 0.6) is 0 Å². The summed E-state index contributed by atoms with van der Waals surface area (Å²) in [6, 6.07) is 10.4. The minimum absolute atomic E-state index is 0.284. The highest BCUT2D eigenvalue weighted by Crippen LogP contribution is 2.23. The number of hydrogen-bond donors (Lipinski definition) is 1. The van der Waals surface area contributed by atoms with Crippen molar-refractivity contribution in [2.24, 2.45) is 0 Å². The van der Waals surface area contributed by atoms with E-state index in [-0.39, 0.29) is 6.04 Å². The molecule has 108 valence electrons. The highest BCUT2D eigenvalue weighted by molar-refractivity contribution is 6.30. The lowest BCUT2D eigenvalue weighted by Crippen LogP contribution is -2.21. The van der Waals surface area contributed by atoms with Crippen LogP contribution < -0.4 is 5.32 Å². The van der Waals surface area contributed by atoms with E-state index in [4.69, 9.17) is 16.0 Å². The Morgan fingerprint density at radius 2 is 2.15 bits per heavy atom. The molecule has 0 saturated heterocycles. The van der Waals surface area contributed by atoms with Gasteiger partial charge >= 0.3 is 0 Å². The molecule has 4 heteroatoms. The second-order valence-electron chi connectivity index (χ2n) is 5.10. The summed E-state index contributed by atoms with van der Waals surface area (Å²) >= 11 is 6.05. The Kier molecular flexibility index (Phi) is 5.24. The van der Waals surface area contributed by atoms with Crippen LogP contribution in [0.4, 0.5) is 0 Å². The zero-order chi connectivity index (χ0) is 14.5. The van der Waals surface area contributed by atoms with Crippen LogP contribution in [0, 0.1) is 0 Å². The minimum Gasteiger partial charge on any atom is -0.468 e. The molecule has 1 N–H and O–H groups in total. The number of furan rings is 1. The van der Waals surface area contributed by atoms with Crippen molar-refractivity contribution in [3.05, 3.63) is 58.5 Å². The molecule has 0 fully saturated rings. The normalized spacial score (nSPS) is 12.8. The van der Waals surface area contributed by atoms with E-state index in [2.05, 4.69) is 36.3 Å². The second kappa shape index (κ2) is 6.93. The van der Waals surface area contributed by atoms with E-state index in [1.165, 1.54) is 11.1 Å². The Hall–Kier alpha value is -1.29. The highest BCUT2D eigenvalue weighted by Gasteiger charge is 2.14. The van der Waals surface area contributed by atoms with Gasteiger partial charge in [-0.15, -0.1) is 0 Å². The van der Waals surface area contributed by atoms with Crippen molar-refractivity contribution in [2.75, 3.05) is 14.1 Å². The molecule has 0 spiro atoms. The van der Waals surface area contributed by atoms with E-state index in [0.717, 1.165) is 23.9 Å². The third kappa shape index (κ3) is 3.85. The van der Waals surface area contributed by atoms with E-state index in [1.807, 2.05) is 31.5 Å². The molecule has 1 atom stereocenters. The molecule has 20 heavy (non-hydrogen) atoms. The minimum atomic E-state index is 0.284. The molecule has 0 bridgehead atoms. The van der Waals surface area contributed by atoms with Crippen molar-refractivity contribution in [3.8, 4) is 0 Å². The molecule has 0 saturated carbocycles. The summed E-state index contributed by atoms with van der Waals surface area (Å²) in [5, 5.41) is 3.89. The van der Waals surface area contributed by atoms with Crippen molar-refractivity contribution < 1.29 is 4.42 Å². The molecule has 1 aromatic carbocycles. The first-order chi connectivity index (χ1) is 9.60. The maximum atomic E-state index is 6.05. The second-order valence-corrected chi connectivity index (χ2v) is 5.53. The summed E-state index contributed by atoms with van der Waals surface area (Å²) in [6.45, 7) is 3.78. The van der Waals surface area contributed by atoms with E-state index >= 15 is 0 Å². The third-order valence-corrected chi connectivity index (χ3v) is 3.72. The van der Waals surface area contributed by atoms with Gasteiger partial charge in [-0.05, 0) is 44.8 Å². The molecule has 0 aliphatic heterocycles. The number of hydrogen-bond acceptors (Lipinski definition) is 3. The molecule has 3 nitrogen and oxygen atoms in total. The van der Waals surface area contributed by atoms with Crippen molar-refractivity contribution in [3.63, 3.8) is 0 Å². The molecule has 0 aliphatic carbocycles. The van der Waals surface area contributed by atoms with Gasteiger partial charge in [0.15, 0.2) is 0 Å². The van der Waals surface area contributed by atoms with Gasteiger partial charge in [0.1, 0.15) is 5.76 Å². The SMILES string of the molecule is CNCc1coc(CN(C)C(C)c2cccc(Cl)c2)c1. The summed E-state index contributed by atoms with van der Waals surface area (Å²) in [5.41, 5.74) is 2.38. The van der Waals surface area contributed by atoms with Gasteiger partial charge in [-0.2, -0.15) is 0 Å². The Bertz CT molecular complexity index is 553. The summed E-state index contributed by atoms with van der Waals surface area (Å²) in [6.07, 6.45) is 1.81. The van der Waals surface area contributed by atoms with Gasteiger partial charge in [0.2, 0.25) is 0 Å². The zero-order valence-electron chi connectivity index (χ0n) is 12.2. The smallest absolute Gasteiger partial charge is 0.118 e. The van der Waals surface area contributed by atoms with Gasteiger partial charge in [-0.25, -0.2) is 0 Å². The van der Waals surface area contributed by atoms with Gasteiger partial charge in [0.25, 0.3) is 0 Å². The van der Waals surface area contributed by atoms with E-state index in [1.54, 1.807) is 0 Å². The van der Waals surface area contributed by atoms with Crippen molar-refractivity contribution in [1.29, 1.82) is 0 Å². The molecule has 2 aromatic rings. The van der Waals surface area contributed by atoms with Crippen LogP contribution >= 0.6 is 11.6 Å². The van der Waals surface area contributed by atoms with E-state index < -0.39 is 0 Å². The van der Waals surface area contributed by atoms with Gasteiger partial charge in [0.05, 0.1) is 12.8 Å². The largest absolute Gasteiger partial charge is 0.468 e. The zero-order valence-corrected chi connectivity index (χ0v) is 12.9. The lowest BCUT2D eigenvalue weighted by Gasteiger charge is -2.24. The molecular formula is C16H21ClN2O. The summed E-state index contributed by atoms with van der Waals surface area (Å²) in [5.74, 6) is 0.978. The van der Waals surface area contributed by atoms with Crippen LogP contribution in [0.3, 0.4) is 0 Å². The molecule has 2 rings (SSSR count). The predicted molar refractivity (Wildman–Crippen MR) is 82.8 cm³/mol. The average molecular weight is 293 g/mol. The Morgan fingerprint density at radius 3 is 2.85 bits per heavy atom. The fourth-order valence-corrected chi connectivity index (χ4v) is 2.41. The van der Waals surface area contributed by atoms with E-state index in [0.29, 0.717) is 0 Å². The van der Waals surface area contributed by atoms with Crippen LogP contribution in [0.2, 0.25) is 5.02 Å². The van der Waals surface area contributed by atoms with Crippen LogP contribution in [0.1, 0.15) is 29.9 Å². The third-order valence-electron chi connectivity index (χ3n) is 3.49. The quantitative estimate of drug-likeness (QED) is 0.877. The summed E-state index contributed by atoms with van der Waals surface area (Å²) in [4.78, 5) is 2.24. The van der Waals surface area contributed by atoms with Gasteiger partial charge in [-0.1, -0.05) is 23.7 Å². The fraction of sp³-hybridized carbons (Fsp3) is 0.375. The Morgan fingerprint density at radius 1 is 1.35 bits per heavy atom. The number of benzene rings is 1. The Labute approximate surface area is 125 Å². The number of nitrogens with zero attached hydrogens (tertiary/aromatic N) is 1. The molecule has 1 unspecified atom stereocenters. The van der Waals surface area contributed by atoms with Crippen molar-refractivity contribution in [1.82, 2.24) is 10.2 Å². The Balaban J connectivity index is 2.01. The first kappa shape index (κ1) is 15.1. The summed E-state index contributed by atoms with van der Waals surface area (Å²) < 4.78 is 5.59. The molecule has 1 aromatic heterocycles. The van der Waals surface area contributed by atoms with Crippen LogP contribution in [0.25, 0.3) is 0 Å².